The summed E-state index contributed by atoms with van der Waals surface area (Å²) in [7, 11) is 1.82. The molecule has 0 atom stereocenters. The molecular formula is C12H14N4O2. The van der Waals surface area contributed by atoms with E-state index in [4.69, 9.17) is 10.5 Å². The number of hydrogen-bond donors (Lipinski definition) is 1. The van der Waals surface area contributed by atoms with Gasteiger partial charge in [-0.05, 0) is 25.1 Å². The predicted molar refractivity (Wildman–Crippen MR) is 65.7 cm³/mol. The van der Waals surface area contributed by atoms with Crippen LogP contribution in [0.4, 0.5) is 5.69 Å². The molecule has 0 saturated heterocycles. The highest BCUT2D eigenvalue weighted by molar-refractivity contribution is 5.90. The van der Waals surface area contributed by atoms with Gasteiger partial charge in [-0.1, -0.05) is 6.07 Å². The van der Waals surface area contributed by atoms with Crippen LogP contribution in [0.15, 0.2) is 24.3 Å². The zero-order chi connectivity index (χ0) is 13.1. The Morgan fingerprint density at radius 3 is 2.83 bits per heavy atom. The molecule has 0 unspecified atom stereocenters. The number of carbonyl (C=O) groups excluding carboxylic acids is 1. The average molecular weight is 246 g/mol. The Morgan fingerprint density at radius 1 is 1.44 bits per heavy atom. The number of ether oxygens (including phenoxy) is 1. The molecule has 0 fully saturated rings. The molecule has 94 valence electrons. The molecule has 6 nitrogen and oxygen atoms in total. The van der Waals surface area contributed by atoms with E-state index < -0.39 is 5.97 Å². The summed E-state index contributed by atoms with van der Waals surface area (Å²) < 4.78 is 6.92. The normalized spacial score (nSPS) is 10.3. The first-order valence-corrected chi connectivity index (χ1v) is 5.45. The molecule has 6 heteroatoms. The van der Waals surface area contributed by atoms with Crippen LogP contribution in [0.3, 0.4) is 0 Å². The van der Waals surface area contributed by atoms with Crippen LogP contribution in [-0.4, -0.2) is 20.7 Å². The van der Waals surface area contributed by atoms with E-state index in [1.54, 1.807) is 28.8 Å². The Bertz CT molecular complexity index is 577. The van der Waals surface area contributed by atoms with Crippen molar-refractivity contribution in [3.05, 3.63) is 41.5 Å². The lowest BCUT2D eigenvalue weighted by Crippen LogP contribution is -2.09. The monoisotopic (exact) mass is 246 g/mol. The second-order valence-electron chi connectivity index (χ2n) is 3.92. The van der Waals surface area contributed by atoms with Gasteiger partial charge in [0.25, 0.3) is 0 Å². The first kappa shape index (κ1) is 12.1. The third kappa shape index (κ3) is 2.48. The molecule has 0 aliphatic carbocycles. The lowest BCUT2D eigenvalue weighted by atomic mass is 10.2. The van der Waals surface area contributed by atoms with E-state index in [1.165, 1.54) is 0 Å². The Kier molecular flexibility index (Phi) is 3.27. The van der Waals surface area contributed by atoms with E-state index in [0.717, 1.165) is 5.82 Å². The molecule has 2 N–H and O–H groups in total. The van der Waals surface area contributed by atoms with Gasteiger partial charge in [0.1, 0.15) is 5.82 Å². The Balaban J connectivity index is 2.03. The van der Waals surface area contributed by atoms with E-state index in [1.807, 2.05) is 14.0 Å². The molecular weight excluding hydrogens is 232 g/mol. The van der Waals surface area contributed by atoms with Crippen molar-refractivity contribution >= 4 is 11.7 Å². The first-order chi connectivity index (χ1) is 8.58. The molecule has 18 heavy (non-hydrogen) atoms. The minimum atomic E-state index is -0.428. The van der Waals surface area contributed by atoms with Gasteiger partial charge < -0.3 is 15.0 Å². The Hall–Kier alpha value is -2.37. The van der Waals surface area contributed by atoms with Gasteiger partial charge in [-0.3, -0.25) is 0 Å². The minimum Gasteiger partial charge on any atom is -0.454 e. The van der Waals surface area contributed by atoms with Crippen LogP contribution in [0.2, 0.25) is 0 Å². The molecule has 0 saturated carbocycles. The van der Waals surface area contributed by atoms with Gasteiger partial charge in [0.05, 0.1) is 5.56 Å². The molecule has 0 bridgehead atoms. The number of carbonyl (C=O) groups is 1. The van der Waals surface area contributed by atoms with Crippen molar-refractivity contribution in [2.75, 3.05) is 5.73 Å². The molecule has 2 aromatic rings. The molecule has 1 heterocycles. The summed E-state index contributed by atoms with van der Waals surface area (Å²) in [5.74, 6) is 0.942. The van der Waals surface area contributed by atoms with Crippen LogP contribution in [0.25, 0.3) is 0 Å². The number of nitrogens with zero attached hydrogens (tertiary/aromatic N) is 3. The van der Waals surface area contributed by atoms with Gasteiger partial charge in [-0.15, -0.1) is 10.2 Å². The van der Waals surface area contributed by atoms with Gasteiger partial charge in [-0.25, -0.2) is 4.79 Å². The molecule has 2 rings (SSSR count). The third-order valence-corrected chi connectivity index (χ3v) is 2.64. The van der Waals surface area contributed by atoms with Gasteiger partial charge >= 0.3 is 5.97 Å². The van der Waals surface area contributed by atoms with Crippen molar-refractivity contribution in [2.45, 2.75) is 13.5 Å². The van der Waals surface area contributed by atoms with Gasteiger partial charge in [-0.2, -0.15) is 0 Å². The first-order valence-electron chi connectivity index (χ1n) is 5.45. The van der Waals surface area contributed by atoms with Gasteiger partial charge in [0.2, 0.25) is 0 Å². The summed E-state index contributed by atoms with van der Waals surface area (Å²) in [6.45, 7) is 1.92. The average Bonchev–Trinajstić information content (AvgIpc) is 2.67. The number of aryl methyl sites for hydroxylation is 1. The Labute approximate surface area is 104 Å². The van der Waals surface area contributed by atoms with Crippen LogP contribution < -0.4 is 5.73 Å². The second-order valence-corrected chi connectivity index (χ2v) is 3.92. The summed E-state index contributed by atoms with van der Waals surface area (Å²) in [5.41, 5.74) is 6.55. The fourth-order valence-electron chi connectivity index (χ4n) is 1.46. The molecule has 0 amide bonds. The predicted octanol–water partition coefficient (Wildman–Crippen LogP) is 1.06. The minimum absolute atomic E-state index is 0.0883. The fourth-order valence-corrected chi connectivity index (χ4v) is 1.46. The number of nitrogen functional groups attached to an aromatic ring is 1. The highest BCUT2D eigenvalue weighted by Gasteiger charge is 2.10. The van der Waals surface area contributed by atoms with Crippen molar-refractivity contribution in [2.24, 2.45) is 7.05 Å². The van der Waals surface area contributed by atoms with Crippen molar-refractivity contribution in [3.8, 4) is 0 Å². The standard InChI is InChI=1S/C12H14N4O2/c1-8-14-15-11(16(8)2)7-18-12(17)9-4-3-5-10(13)6-9/h3-6H,7,13H2,1-2H3. The smallest absolute Gasteiger partial charge is 0.338 e. The SMILES string of the molecule is Cc1nnc(COC(=O)c2cccc(N)c2)n1C. The summed E-state index contributed by atoms with van der Waals surface area (Å²) in [6, 6.07) is 6.64. The number of esters is 1. The number of anilines is 1. The summed E-state index contributed by atoms with van der Waals surface area (Å²) >= 11 is 0. The number of rotatable bonds is 3. The maximum Gasteiger partial charge on any atom is 0.338 e. The van der Waals surface area contributed by atoms with Crippen molar-refractivity contribution in [1.29, 1.82) is 0 Å². The maximum absolute atomic E-state index is 11.8. The summed E-state index contributed by atoms with van der Waals surface area (Å²) in [5, 5.41) is 7.79. The van der Waals surface area contributed by atoms with E-state index >= 15 is 0 Å². The lowest BCUT2D eigenvalue weighted by molar-refractivity contribution is 0.0458. The lowest BCUT2D eigenvalue weighted by Gasteiger charge is -2.05. The number of aromatic nitrogens is 3. The highest BCUT2D eigenvalue weighted by Crippen LogP contribution is 2.09. The number of hydrogen-bond acceptors (Lipinski definition) is 5. The van der Waals surface area contributed by atoms with Crippen molar-refractivity contribution in [1.82, 2.24) is 14.8 Å². The molecule has 0 spiro atoms. The van der Waals surface area contributed by atoms with Crippen LogP contribution in [-0.2, 0) is 18.4 Å². The van der Waals surface area contributed by atoms with Crippen LogP contribution in [0.1, 0.15) is 22.0 Å². The van der Waals surface area contributed by atoms with E-state index in [9.17, 15) is 4.79 Å². The van der Waals surface area contributed by atoms with Crippen molar-refractivity contribution in [3.63, 3.8) is 0 Å². The molecule has 0 radical (unpaired) electrons. The summed E-state index contributed by atoms with van der Waals surface area (Å²) in [4.78, 5) is 11.8. The number of benzene rings is 1. The number of nitrogens with two attached hydrogens (primary N) is 1. The quantitative estimate of drug-likeness (QED) is 0.646. The fraction of sp³-hybridized carbons (Fsp3) is 0.250. The topological polar surface area (TPSA) is 83.0 Å². The van der Waals surface area contributed by atoms with E-state index in [0.29, 0.717) is 17.1 Å². The summed E-state index contributed by atoms with van der Waals surface area (Å²) in [6.07, 6.45) is 0. The van der Waals surface area contributed by atoms with E-state index in [2.05, 4.69) is 10.2 Å². The second kappa shape index (κ2) is 4.87. The maximum atomic E-state index is 11.8. The third-order valence-electron chi connectivity index (χ3n) is 2.64. The molecule has 1 aromatic carbocycles. The largest absolute Gasteiger partial charge is 0.454 e. The van der Waals surface area contributed by atoms with Crippen molar-refractivity contribution < 1.29 is 9.53 Å². The van der Waals surface area contributed by atoms with Crippen LogP contribution in [0, 0.1) is 6.92 Å². The van der Waals surface area contributed by atoms with E-state index in [-0.39, 0.29) is 6.61 Å². The molecule has 0 aliphatic heterocycles. The Morgan fingerprint density at radius 2 is 2.22 bits per heavy atom. The molecule has 1 aromatic heterocycles. The highest BCUT2D eigenvalue weighted by atomic mass is 16.5. The van der Waals surface area contributed by atoms with Gasteiger partial charge in [0.15, 0.2) is 12.4 Å². The molecule has 0 aliphatic rings. The zero-order valence-corrected chi connectivity index (χ0v) is 10.3. The van der Waals surface area contributed by atoms with Crippen LogP contribution in [0.5, 0.6) is 0 Å². The van der Waals surface area contributed by atoms with Gasteiger partial charge in [0, 0.05) is 12.7 Å². The van der Waals surface area contributed by atoms with Crippen LogP contribution >= 0.6 is 0 Å². The zero-order valence-electron chi connectivity index (χ0n) is 10.3.